The second-order valence-electron chi connectivity index (χ2n) is 20.0. The van der Waals surface area contributed by atoms with Crippen LogP contribution in [0.2, 0.25) is 10.1 Å². The van der Waals surface area contributed by atoms with Gasteiger partial charge in [0.25, 0.3) is 0 Å². The topological polar surface area (TPSA) is 157 Å². The summed E-state index contributed by atoms with van der Waals surface area (Å²) < 4.78 is 93.8. The quantitative estimate of drug-likeness (QED) is 0.0692. The molecule has 0 saturated carbocycles. The van der Waals surface area contributed by atoms with Crippen molar-refractivity contribution in [1.29, 1.82) is 0 Å². The first kappa shape index (κ1) is 61.0. The molecule has 4 heterocycles. The van der Waals surface area contributed by atoms with E-state index >= 15 is 0 Å². The van der Waals surface area contributed by atoms with Crippen molar-refractivity contribution in [3.63, 3.8) is 0 Å². The van der Waals surface area contributed by atoms with Crippen molar-refractivity contribution >= 4 is 25.4 Å². The summed E-state index contributed by atoms with van der Waals surface area (Å²) in [5, 5.41) is 4.80. The van der Waals surface area contributed by atoms with E-state index in [4.69, 9.17) is 55.7 Å². The van der Waals surface area contributed by atoms with Crippen LogP contribution in [0.15, 0.2) is 127 Å². The van der Waals surface area contributed by atoms with Gasteiger partial charge >= 0.3 is 127 Å². The van der Waals surface area contributed by atoms with Crippen LogP contribution in [0.5, 0.6) is 23.0 Å². The standard InChI is InChI=1S/C31H36O10S.C15H23NO2.C15H22O2Se/c1-21-17-39-42(32,33)41-28(21)30(37-19-23-11-15-26(35-3)16-12-23)29-27(36-18-22-9-13-25(34-2)14-10-22)20-38-31(40-29)24-7-5-4-6-8-24;1-4-14-11(2)15(9-16-14)18-10-12-5-7-13(17-3)8-6-12;1-4-15-11(2)14(10-18-15)17-9-12-5-7-13(16-3)8-6-12/h4-16,21,27-31H,17-20H2,1-3H3;5-8,11,14-16H,4,9-10H2,1-3H3;5-8,11,14-15H,4,9-10H2,1-3H3/t21-,27+,28-,29-,30+,31?;11-,14-,15-;11-,14+,15+/m110/s1. The van der Waals surface area contributed by atoms with E-state index in [9.17, 15) is 8.42 Å². The number of hydrogen-bond donors (Lipinski definition) is 1. The molecule has 9 rings (SSSR count). The van der Waals surface area contributed by atoms with Crippen molar-refractivity contribution in [3.8, 4) is 23.0 Å². The summed E-state index contributed by atoms with van der Waals surface area (Å²) in [4.78, 5) is 0.915. The van der Waals surface area contributed by atoms with Crippen molar-refractivity contribution in [2.75, 3.05) is 48.2 Å². The van der Waals surface area contributed by atoms with E-state index in [1.165, 1.54) is 29.3 Å². The number of ether oxygens (including phenoxy) is 10. The molecule has 4 saturated heterocycles. The molecule has 17 heteroatoms. The number of benzene rings is 5. The van der Waals surface area contributed by atoms with Crippen LogP contribution in [0.3, 0.4) is 0 Å². The minimum Gasteiger partial charge on any atom is -0.497 e. The maximum Gasteiger partial charge on any atom is 0.400 e. The summed E-state index contributed by atoms with van der Waals surface area (Å²) in [6.45, 7) is 13.9. The summed E-state index contributed by atoms with van der Waals surface area (Å²) in [6, 6.07) is 41.4. The van der Waals surface area contributed by atoms with E-state index in [-0.39, 0.29) is 32.3 Å². The van der Waals surface area contributed by atoms with Crippen molar-refractivity contribution < 1.29 is 64.2 Å². The van der Waals surface area contributed by atoms with Gasteiger partial charge in [-0.15, -0.1) is 0 Å². The van der Waals surface area contributed by atoms with Gasteiger partial charge in [0.2, 0.25) is 0 Å². The van der Waals surface area contributed by atoms with Gasteiger partial charge in [-0.1, -0.05) is 87.5 Å². The van der Waals surface area contributed by atoms with Crippen molar-refractivity contribution in [2.24, 2.45) is 17.8 Å². The molecule has 0 amide bonds. The van der Waals surface area contributed by atoms with Gasteiger partial charge in [-0.05, 0) is 65.4 Å². The third-order valence-electron chi connectivity index (χ3n) is 14.8. The number of methoxy groups -OCH3 is 4. The minimum absolute atomic E-state index is 0.0435. The Morgan fingerprint density at radius 1 is 0.577 bits per heavy atom. The average molecular weight is 1160 g/mol. The first-order chi connectivity index (χ1) is 37.8. The predicted octanol–water partition coefficient (Wildman–Crippen LogP) is 10.7. The van der Waals surface area contributed by atoms with Crippen LogP contribution in [0.25, 0.3) is 0 Å². The van der Waals surface area contributed by atoms with Crippen LogP contribution < -0.4 is 24.3 Å². The predicted molar refractivity (Wildman–Crippen MR) is 300 cm³/mol. The second kappa shape index (κ2) is 30.8. The fraction of sp³-hybridized carbons (Fsp3) is 0.508. The van der Waals surface area contributed by atoms with Crippen molar-refractivity contribution in [2.45, 2.75) is 133 Å². The fourth-order valence-corrected chi connectivity index (χ4v) is 14.1. The van der Waals surface area contributed by atoms with E-state index in [0.29, 0.717) is 36.5 Å². The molecule has 0 radical (unpaired) electrons. The normalized spacial score (nSPS) is 26.8. The molecule has 0 aliphatic carbocycles. The molecule has 5 aromatic rings. The molecule has 0 aromatic heterocycles. The van der Waals surface area contributed by atoms with Crippen LogP contribution in [-0.2, 0) is 73.6 Å². The molecule has 4 fully saturated rings. The third kappa shape index (κ3) is 17.7. The summed E-state index contributed by atoms with van der Waals surface area (Å²) in [5.41, 5.74) is 5.04. The van der Waals surface area contributed by atoms with Gasteiger partial charge in [-0.2, -0.15) is 8.42 Å². The van der Waals surface area contributed by atoms with Crippen LogP contribution in [0, 0.1) is 17.8 Å². The van der Waals surface area contributed by atoms with Crippen LogP contribution in [0.4, 0.5) is 0 Å². The van der Waals surface area contributed by atoms with Gasteiger partial charge in [0.1, 0.15) is 41.7 Å². The van der Waals surface area contributed by atoms with Gasteiger partial charge in [0.15, 0.2) is 6.29 Å². The Morgan fingerprint density at radius 2 is 1.06 bits per heavy atom. The molecule has 426 valence electrons. The molecule has 1 N–H and O–H groups in total. The zero-order valence-electron chi connectivity index (χ0n) is 46.7. The fourth-order valence-electron chi connectivity index (χ4n) is 9.83. The smallest absolute Gasteiger partial charge is 0.400 e. The molecule has 0 spiro atoms. The molecule has 4 aliphatic rings. The molecule has 0 bridgehead atoms. The summed E-state index contributed by atoms with van der Waals surface area (Å²) in [7, 11) is 2.37. The number of nitrogens with one attached hydrogen (secondary N) is 1. The first-order valence-electron chi connectivity index (χ1n) is 27.1. The Balaban J connectivity index is 0.000000201. The largest absolute Gasteiger partial charge is 0.497 e. The van der Waals surface area contributed by atoms with E-state index in [1.54, 1.807) is 28.4 Å². The van der Waals surface area contributed by atoms with Gasteiger partial charge in [-0.3, -0.25) is 0 Å². The van der Waals surface area contributed by atoms with Crippen LogP contribution in [0.1, 0.15) is 81.6 Å². The molecule has 12 atom stereocenters. The van der Waals surface area contributed by atoms with Crippen molar-refractivity contribution in [1.82, 2.24) is 5.32 Å². The number of rotatable bonds is 21. The Kier molecular flexibility index (Phi) is 24.1. The second-order valence-corrected chi connectivity index (χ2v) is 24.0. The van der Waals surface area contributed by atoms with E-state index in [2.05, 4.69) is 57.3 Å². The monoisotopic (exact) mass is 1160 g/mol. The third-order valence-corrected chi connectivity index (χ3v) is 19.3. The van der Waals surface area contributed by atoms with E-state index < -0.39 is 41.1 Å². The number of hydrogen-bond acceptors (Lipinski definition) is 15. The van der Waals surface area contributed by atoms with Gasteiger partial charge in [-0.25, -0.2) is 8.37 Å². The summed E-state index contributed by atoms with van der Waals surface area (Å²) >= 11 is 0.777. The molecule has 5 aromatic carbocycles. The van der Waals surface area contributed by atoms with E-state index in [1.807, 2.05) is 110 Å². The minimum atomic E-state index is -4.22. The zero-order valence-corrected chi connectivity index (χ0v) is 49.2. The molecule has 4 aliphatic heterocycles. The van der Waals surface area contributed by atoms with Gasteiger partial charge < -0.3 is 43.2 Å². The summed E-state index contributed by atoms with van der Waals surface area (Å²) in [5.74, 6) is 4.25. The van der Waals surface area contributed by atoms with Crippen LogP contribution in [-0.4, -0.2) is 114 Å². The van der Waals surface area contributed by atoms with E-state index in [0.717, 1.165) is 72.8 Å². The summed E-state index contributed by atoms with van der Waals surface area (Å²) in [6.07, 6.45) is -0.529. The molecule has 78 heavy (non-hydrogen) atoms. The maximum atomic E-state index is 12.4. The Bertz CT molecular complexity index is 2520. The maximum absolute atomic E-state index is 12.4. The molecule has 1 unspecified atom stereocenters. The molecular weight excluding hydrogens is 1080 g/mol. The zero-order chi connectivity index (χ0) is 55.4. The molecule has 15 nitrogen and oxygen atoms in total. The Labute approximate surface area is 469 Å². The van der Waals surface area contributed by atoms with Gasteiger partial charge in [0.05, 0.1) is 60.5 Å². The van der Waals surface area contributed by atoms with Gasteiger partial charge in [0, 0.05) is 24.1 Å². The Hall–Kier alpha value is -4.59. The van der Waals surface area contributed by atoms with Crippen molar-refractivity contribution in [3.05, 3.63) is 155 Å². The SMILES string of the molecule is CC[C@H]1NC[C@@H](OCc2ccc(OC)cc2)[C@@H]1C.CC[C@H]1[Se]C[C@@H](OCc2ccc(OC)cc2)[C@@H]1C.COc1ccc(CO[C@@H]([C@@H]2OS(=O)(=O)OC[C@H]2C)[C@@H]2OC(c3ccccc3)OC[C@@H]2OCc2ccc(OC)cc2)cc1. The first-order valence-corrected chi connectivity index (χ1v) is 30.6. The molecular formula is C61H81NO14SSe. The average Bonchev–Trinajstić information content (AvgIpc) is 4.07. The Morgan fingerprint density at radius 3 is 1.53 bits per heavy atom. The van der Waals surface area contributed by atoms with Crippen LogP contribution >= 0.6 is 0 Å².